The highest BCUT2D eigenvalue weighted by molar-refractivity contribution is 5.47. The number of methoxy groups -OCH3 is 1. The quantitative estimate of drug-likeness (QED) is 0.806. The van der Waals surface area contributed by atoms with E-state index < -0.39 is 0 Å². The van der Waals surface area contributed by atoms with E-state index in [1.165, 1.54) is 26.3 Å². The number of likely N-dealkylation sites (N-methyl/N-ethyl adjacent to an activating group) is 1. The standard InChI is InChI=1S/C12H20N4O2/c1-3-16-6-4-5-9(16)7-13-11-10(18-2)12(17)15-8-14-11/h8-9H,3-7H2,1-2H3,(H2,13,14,15,17). The Morgan fingerprint density at radius 3 is 3.22 bits per heavy atom. The Kier molecular flexibility index (Phi) is 4.19. The number of anilines is 1. The fourth-order valence-corrected chi connectivity index (χ4v) is 2.46. The molecule has 18 heavy (non-hydrogen) atoms. The first kappa shape index (κ1) is 12.9. The lowest BCUT2D eigenvalue weighted by atomic mass is 10.2. The van der Waals surface area contributed by atoms with Crippen molar-refractivity contribution in [2.24, 2.45) is 0 Å². The third kappa shape index (κ3) is 2.64. The maximum atomic E-state index is 11.5. The van der Waals surface area contributed by atoms with Gasteiger partial charge in [0.15, 0.2) is 5.82 Å². The van der Waals surface area contributed by atoms with Gasteiger partial charge in [-0.15, -0.1) is 0 Å². The van der Waals surface area contributed by atoms with Crippen molar-refractivity contribution in [2.45, 2.75) is 25.8 Å². The van der Waals surface area contributed by atoms with Crippen LogP contribution in [0.1, 0.15) is 19.8 Å². The molecule has 6 nitrogen and oxygen atoms in total. The molecule has 1 aromatic heterocycles. The zero-order valence-electron chi connectivity index (χ0n) is 10.9. The molecule has 0 bridgehead atoms. The van der Waals surface area contributed by atoms with Crippen molar-refractivity contribution in [3.63, 3.8) is 0 Å². The summed E-state index contributed by atoms with van der Waals surface area (Å²) in [5.41, 5.74) is -0.256. The lowest BCUT2D eigenvalue weighted by molar-refractivity contribution is 0.276. The van der Waals surface area contributed by atoms with Crippen LogP contribution in [0.2, 0.25) is 0 Å². The van der Waals surface area contributed by atoms with Gasteiger partial charge in [-0.25, -0.2) is 4.98 Å². The van der Waals surface area contributed by atoms with E-state index in [0.29, 0.717) is 11.9 Å². The molecule has 6 heteroatoms. The van der Waals surface area contributed by atoms with Crippen LogP contribution in [0.4, 0.5) is 5.82 Å². The predicted octanol–water partition coefficient (Wildman–Crippen LogP) is 0.675. The Bertz CT molecular complexity index is 446. The van der Waals surface area contributed by atoms with Crippen molar-refractivity contribution in [1.82, 2.24) is 14.9 Å². The molecule has 0 aliphatic carbocycles. The van der Waals surface area contributed by atoms with Gasteiger partial charge in [-0.05, 0) is 25.9 Å². The Hall–Kier alpha value is -1.56. The molecule has 1 saturated heterocycles. The summed E-state index contributed by atoms with van der Waals surface area (Å²) < 4.78 is 5.06. The van der Waals surface area contributed by atoms with Crippen molar-refractivity contribution in [1.29, 1.82) is 0 Å². The summed E-state index contributed by atoms with van der Waals surface area (Å²) in [6.07, 6.45) is 3.81. The molecule has 2 N–H and O–H groups in total. The molecule has 1 unspecified atom stereocenters. The lowest BCUT2D eigenvalue weighted by Gasteiger charge is -2.23. The van der Waals surface area contributed by atoms with Gasteiger partial charge in [-0.2, -0.15) is 0 Å². The van der Waals surface area contributed by atoms with Crippen LogP contribution < -0.4 is 15.6 Å². The fourth-order valence-electron chi connectivity index (χ4n) is 2.46. The fraction of sp³-hybridized carbons (Fsp3) is 0.667. The summed E-state index contributed by atoms with van der Waals surface area (Å²) in [5.74, 6) is 0.766. The average molecular weight is 252 g/mol. The van der Waals surface area contributed by atoms with Gasteiger partial charge in [-0.1, -0.05) is 6.92 Å². The molecular formula is C12H20N4O2. The molecule has 0 amide bonds. The Labute approximate surface area is 106 Å². The van der Waals surface area contributed by atoms with Gasteiger partial charge in [0, 0.05) is 12.6 Å². The van der Waals surface area contributed by atoms with E-state index in [-0.39, 0.29) is 11.3 Å². The summed E-state index contributed by atoms with van der Waals surface area (Å²) in [6, 6.07) is 0.515. The lowest BCUT2D eigenvalue weighted by Crippen LogP contribution is -2.35. The van der Waals surface area contributed by atoms with Gasteiger partial charge in [-0.3, -0.25) is 9.69 Å². The van der Waals surface area contributed by atoms with Crippen molar-refractivity contribution < 1.29 is 4.74 Å². The van der Waals surface area contributed by atoms with Crippen molar-refractivity contribution in [3.05, 3.63) is 16.7 Å². The second-order valence-corrected chi connectivity index (χ2v) is 4.42. The Balaban J connectivity index is 2.02. The number of nitrogens with one attached hydrogen (secondary N) is 2. The normalized spacial score (nSPS) is 20.0. The number of H-pyrrole nitrogens is 1. The maximum absolute atomic E-state index is 11.5. The van der Waals surface area contributed by atoms with E-state index in [9.17, 15) is 4.79 Å². The van der Waals surface area contributed by atoms with Gasteiger partial charge in [0.25, 0.3) is 5.56 Å². The summed E-state index contributed by atoms with van der Waals surface area (Å²) in [4.78, 5) is 20.6. The number of rotatable bonds is 5. The minimum Gasteiger partial charge on any atom is -0.489 e. The molecule has 0 saturated carbocycles. The smallest absolute Gasteiger partial charge is 0.295 e. The molecule has 1 fully saturated rings. The van der Waals surface area contributed by atoms with Crippen LogP contribution in [0.5, 0.6) is 5.75 Å². The molecule has 1 atom stereocenters. The number of hydrogen-bond acceptors (Lipinski definition) is 5. The third-order valence-corrected chi connectivity index (χ3v) is 3.43. The number of aromatic amines is 1. The summed E-state index contributed by atoms with van der Waals surface area (Å²) in [7, 11) is 1.48. The van der Waals surface area contributed by atoms with Crippen molar-refractivity contribution >= 4 is 5.82 Å². The molecule has 2 rings (SSSR count). The summed E-state index contributed by atoms with van der Waals surface area (Å²) >= 11 is 0. The van der Waals surface area contributed by atoms with E-state index in [1.807, 2.05) is 0 Å². The van der Waals surface area contributed by atoms with Crippen molar-refractivity contribution in [3.8, 4) is 5.75 Å². The van der Waals surface area contributed by atoms with Crippen molar-refractivity contribution in [2.75, 3.05) is 32.1 Å². The zero-order valence-corrected chi connectivity index (χ0v) is 10.9. The van der Waals surface area contributed by atoms with Crippen LogP contribution in [-0.4, -0.2) is 47.7 Å². The van der Waals surface area contributed by atoms with Crippen LogP contribution in [0.25, 0.3) is 0 Å². The highest BCUT2D eigenvalue weighted by Crippen LogP contribution is 2.19. The van der Waals surface area contributed by atoms with Gasteiger partial charge in [0.05, 0.1) is 13.4 Å². The van der Waals surface area contributed by atoms with Gasteiger partial charge in [0.1, 0.15) is 0 Å². The summed E-state index contributed by atoms with van der Waals surface area (Å²) in [6.45, 7) is 5.18. The Morgan fingerprint density at radius 1 is 1.67 bits per heavy atom. The monoisotopic (exact) mass is 252 g/mol. The van der Waals surface area contributed by atoms with Gasteiger partial charge >= 0.3 is 0 Å². The minimum atomic E-state index is -0.256. The zero-order chi connectivity index (χ0) is 13.0. The Morgan fingerprint density at radius 2 is 2.50 bits per heavy atom. The van der Waals surface area contributed by atoms with Crippen LogP contribution in [0.3, 0.4) is 0 Å². The molecular weight excluding hydrogens is 232 g/mol. The second kappa shape index (κ2) is 5.86. The summed E-state index contributed by atoms with van der Waals surface area (Å²) in [5, 5.41) is 3.21. The van der Waals surface area contributed by atoms with Crippen LogP contribution in [-0.2, 0) is 0 Å². The maximum Gasteiger partial charge on any atom is 0.295 e. The van der Waals surface area contributed by atoms with Crippen LogP contribution in [0, 0.1) is 0 Å². The average Bonchev–Trinajstić information content (AvgIpc) is 2.83. The van der Waals surface area contributed by atoms with E-state index >= 15 is 0 Å². The number of nitrogens with zero attached hydrogens (tertiary/aromatic N) is 2. The van der Waals surface area contributed by atoms with Crippen LogP contribution >= 0.6 is 0 Å². The first-order chi connectivity index (χ1) is 8.76. The topological polar surface area (TPSA) is 70.2 Å². The first-order valence-electron chi connectivity index (χ1n) is 6.35. The number of ether oxygens (including phenoxy) is 1. The van der Waals surface area contributed by atoms with E-state index in [4.69, 9.17) is 4.74 Å². The minimum absolute atomic E-state index is 0.249. The first-order valence-corrected chi connectivity index (χ1v) is 6.35. The molecule has 0 spiro atoms. The highest BCUT2D eigenvalue weighted by atomic mass is 16.5. The SMILES string of the molecule is CCN1CCCC1CNc1nc[nH]c(=O)c1OC. The molecule has 100 valence electrons. The number of aromatic nitrogens is 2. The van der Waals surface area contributed by atoms with E-state index in [0.717, 1.165) is 19.6 Å². The molecule has 1 aromatic rings. The largest absolute Gasteiger partial charge is 0.489 e. The van der Waals surface area contributed by atoms with E-state index in [2.05, 4.69) is 27.1 Å². The second-order valence-electron chi connectivity index (χ2n) is 4.42. The third-order valence-electron chi connectivity index (χ3n) is 3.43. The molecule has 0 aromatic carbocycles. The highest BCUT2D eigenvalue weighted by Gasteiger charge is 2.23. The number of hydrogen-bond donors (Lipinski definition) is 2. The number of likely N-dealkylation sites (tertiary alicyclic amines) is 1. The van der Waals surface area contributed by atoms with E-state index in [1.54, 1.807) is 0 Å². The molecule has 1 aliphatic heterocycles. The molecule has 0 radical (unpaired) electrons. The van der Waals surface area contributed by atoms with Gasteiger partial charge < -0.3 is 15.0 Å². The molecule has 1 aliphatic rings. The van der Waals surface area contributed by atoms with Crippen LogP contribution in [0.15, 0.2) is 11.1 Å². The van der Waals surface area contributed by atoms with Gasteiger partial charge in [0.2, 0.25) is 5.75 Å². The molecule has 2 heterocycles. The predicted molar refractivity (Wildman–Crippen MR) is 70.2 cm³/mol.